The van der Waals surface area contributed by atoms with Gasteiger partial charge in [0.05, 0.1) is 12.4 Å². The summed E-state index contributed by atoms with van der Waals surface area (Å²) in [4.78, 5) is 3.37. The van der Waals surface area contributed by atoms with Gasteiger partial charge in [0.1, 0.15) is 6.10 Å². The Labute approximate surface area is 80.1 Å². The van der Waals surface area contributed by atoms with Crippen LogP contribution < -0.4 is 10.1 Å². The van der Waals surface area contributed by atoms with Gasteiger partial charge in [-0.25, -0.2) is 8.78 Å². The Bertz CT molecular complexity index is 306. The number of hydrogen-bond donors (Lipinski definition) is 1. The van der Waals surface area contributed by atoms with E-state index in [1.165, 1.54) is 0 Å². The lowest BCUT2D eigenvalue weighted by Gasteiger charge is -2.12. The topological polar surface area (TPSA) is 34.1 Å². The number of aromatic nitrogens is 1. The molecular formula is C9H10F2N2O. The molecule has 0 bridgehead atoms. The molecule has 1 N–H and O–H groups in total. The summed E-state index contributed by atoms with van der Waals surface area (Å²) in [6, 6.07) is 0. The van der Waals surface area contributed by atoms with E-state index in [-0.39, 0.29) is 11.9 Å². The molecule has 1 fully saturated rings. The van der Waals surface area contributed by atoms with Gasteiger partial charge in [-0.05, 0) is 13.0 Å². The van der Waals surface area contributed by atoms with Crippen molar-refractivity contribution in [3.63, 3.8) is 0 Å². The quantitative estimate of drug-likeness (QED) is 0.776. The van der Waals surface area contributed by atoms with Gasteiger partial charge >= 0.3 is 0 Å². The van der Waals surface area contributed by atoms with E-state index < -0.39 is 11.6 Å². The van der Waals surface area contributed by atoms with Crippen LogP contribution in [0, 0.1) is 11.6 Å². The third-order valence-electron chi connectivity index (χ3n) is 2.11. The molecule has 1 atom stereocenters. The molecule has 0 saturated carbocycles. The highest BCUT2D eigenvalue weighted by molar-refractivity contribution is 5.22. The zero-order chi connectivity index (χ0) is 9.97. The van der Waals surface area contributed by atoms with Gasteiger partial charge in [0.25, 0.3) is 0 Å². The SMILES string of the molecule is Fc1cncc(F)c1OC1CCNC1. The lowest BCUT2D eigenvalue weighted by atomic mass is 10.3. The zero-order valence-corrected chi connectivity index (χ0v) is 7.46. The van der Waals surface area contributed by atoms with Crippen LogP contribution in [0.1, 0.15) is 6.42 Å². The highest BCUT2D eigenvalue weighted by Crippen LogP contribution is 2.22. The summed E-state index contributed by atoms with van der Waals surface area (Å²) in [6.07, 6.45) is 2.50. The fraction of sp³-hybridized carbons (Fsp3) is 0.444. The average molecular weight is 200 g/mol. The number of nitrogens with zero attached hydrogens (tertiary/aromatic N) is 1. The molecule has 1 aliphatic rings. The van der Waals surface area contributed by atoms with Gasteiger partial charge in [-0.2, -0.15) is 0 Å². The van der Waals surface area contributed by atoms with Crippen LogP contribution in [0.3, 0.4) is 0 Å². The Hall–Kier alpha value is -1.23. The van der Waals surface area contributed by atoms with Crippen molar-refractivity contribution in [2.75, 3.05) is 13.1 Å². The summed E-state index contributed by atoms with van der Waals surface area (Å²) in [5.41, 5.74) is 0. The smallest absolute Gasteiger partial charge is 0.194 e. The number of halogens is 2. The Morgan fingerprint density at radius 3 is 2.64 bits per heavy atom. The van der Waals surface area contributed by atoms with Crippen LogP contribution in [-0.4, -0.2) is 24.2 Å². The largest absolute Gasteiger partial charge is 0.483 e. The van der Waals surface area contributed by atoms with Gasteiger partial charge < -0.3 is 10.1 Å². The Morgan fingerprint density at radius 2 is 2.07 bits per heavy atom. The summed E-state index contributed by atoms with van der Waals surface area (Å²) in [5.74, 6) is -1.83. The molecule has 3 nitrogen and oxygen atoms in total. The summed E-state index contributed by atoms with van der Waals surface area (Å²) >= 11 is 0. The van der Waals surface area contributed by atoms with Crippen molar-refractivity contribution < 1.29 is 13.5 Å². The Balaban J connectivity index is 2.14. The van der Waals surface area contributed by atoms with Crippen LogP contribution in [0.4, 0.5) is 8.78 Å². The highest BCUT2D eigenvalue weighted by atomic mass is 19.1. The molecule has 5 heteroatoms. The van der Waals surface area contributed by atoms with E-state index in [4.69, 9.17) is 4.74 Å². The fourth-order valence-electron chi connectivity index (χ4n) is 1.41. The maximum Gasteiger partial charge on any atom is 0.194 e. The third-order valence-corrected chi connectivity index (χ3v) is 2.11. The van der Waals surface area contributed by atoms with E-state index in [1.54, 1.807) is 0 Å². The van der Waals surface area contributed by atoms with Crippen molar-refractivity contribution >= 4 is 0 Å². The number of hydrogen-bond acceptors (Lipinski definition) is 3. The van der Waals surface area contributed by atoms with E-state index in [0.29, 0.717) is 6.54 Å². The maximum absolute atomic E-state index is 13.1. The summed E-state index contributed by atoms with van der Waals surface area (Å²) in [6.45, 7) is 1.44. The molecule has 0 spiro atoms. The van der Waals surface area contributed by atoms with Gasteiger partial charge in [-0.3, -0.25) is 4.98 Å². The summed E-state index contributed by atoms with van der Waals surface area (Å²) in [5, 5.41) is 3.05. The molecule has 2 heterocycles. The van der Waals surface area contributed by atoms with Crippen LogP contribution in [-0.2, 0) is 0 Å². The number of pyridine rings is 1. The highest BCUT2D eigenvalue weighted by Gasteiger charge is 2.20. The van der Waals surface area contributed by atoms with Crippen molar-refractivity contribution in [2.24, 2.45) is 0 Å². The summed E-state index contributed by atoms with van der Waals surface area (Å²) in [7, 11) is 0. The Kier molecular flexibility index (Phi) is 2.58. The molecule has 1 aromatic rings. The van der Waals surface area contributed by atoms with Gasteiger partial charge in [-0.1, -0.05) is 0 Å². The lowest BCUT2D eigenvalue weighted by molar-refractivity contribution is 0.202. The molecule has 1 aromatic heterocycles. The monoisotopic (exact) mass is 200 g/mol. The van der Waals surface area contributed by atoms with Gasteiger partial charge in [-0.15, -0.1) is 0 Å². The second-order valence-corrected chi connectivity index (χ2v) is 3.16. The van der Waals surface area contributed by atoms with E-state index in [2.05, 4.69) is 10.3 Å². The van der Waals surface area contributed by atoms with E-state index in [0.717, 1.165) is 25.4 Å². The predicted molar refractivity (Wildman–Crippen MR) is 46.1 cm³/mol. The van der Waals surface area contributed by atoms with E-state index >= 15 is 0 Å². The molecule has 1 saturated heterocycles. The zero-order valence-electron chi connectivity index (χ0n) is 7.46. The van der Waals surface area contributed by atoms with Crippen LogP contribution in [0.25, 0.3) is 0 Å². The van der Waals surface area contributed by atoms with Crippen LogP contribution in [0.5, 0.6) is 5.75 Å². The van der Waals surface area contributed by atoms with Gasteiger partial charge in [0, 0.05) is 6.54 Å². The van der Waals surface area contributed by atoms with Crippen molar-refractivity contribution in [1.82, 2.24) is 10.3 Å². The first-order valence-electron chi connectivity index (χ1n) is 4.44. The minimum atomic E-state index is -0.753. The average Bonchev–Trinajstić information content (AvgIpc) is 2.64. The molecule has 0 radical (unpaired) electrons. The first kappa shape index (κ1) is 9.33. The van der Waals surface area contributed by atoms with Crippen LogP contribution >= 0.6 is 0 Å². The van der Waals surface area contributed by atoms with Gasteiger partial charge in [0.15, 0.2) is 17.4 Å². The van der Waals surface area contributed by atoms with Crippen molar-refractivity contribution in [3.8, 4) is 5.75 Å². The number of nitrogens with one attached hydrogen (secondary N) is 1. The van der Waals surface area contributed by atoms with E-state index in [1.807, 2.05) is 0 Å². The van der Waals surface area contributed by atoms with Crippen molar-refractivity contribution in [2.45, 2.75) is 12.5 Å². The first-order chi connectivity index (χ1) is 6.77. The first-order valence-corrected chi connectivity index (χ1v) is 4.44. The minimum absolute atomic E-state index is 0.151. The molecular weight excluding hydrogens is 190 g/mol. The van der Waals surface area contributed by atoms with E-state index in [9.17, 15) is 8.78 Å². The second-order valence-electron chi connectivity index (χ2n) is 3.16. The predicted octanol–water partition coefficient (Wildman–Crippen LogP) is 1.10. The third kappa shape index (κ3) is 1.82. The second kappa shape index (κ2) is 3.88. The minimum Gasteiger partial charge on any atom is -0.483 e. The molecule has 0 aromatic carbocycles. The van der Waals surface area contributed by atoms with Crippen LogP contribution in [0.15, 0.2) is 12.4 Å². The number of ether oxygens (including phenoxy) is 1. The maximum atomic E-state index is 13.1. The molecule has 0 amide bonds. The lowest BCUT2D eigenvalue weighted by Crippen LogP contribution is -2.20. The molecule has 1 unspecified atom stereocenters. The normalized spacial score (nSPS) is 21.1. The molecule has 76 valence electrons. The molecule has 0 aliphatic carbocycles. The molecule has 14 heavy (non-hydrogen) atoms. The molecule has 1 aliphatic heterocycles. The molecule has 2 rings (SSSR count). The van der Waals surface area contributed by atoms with Crippen molar-refractivity contribution in [1.29, 1.82) is 0 Å². The van der Waals surface area contributed by atoms with Crippen LogP contribution in [0.2, 0.25) is 0 Å². The standard InChI is InChI=1S/C9H10F2N2O/c10-7-4-13-5-8(11)9(7)14-6-1-2-12-3-6/h4-6,12H,1-3H2. The summed E-state index contributed by atoms with van der Waals surface area (Å²) < 4.78 is 31.3. The Morgan fingerprint density at radius 1 is 1.36 bits per heavy atom. The number of rotatable bonds is 2. The van der Waals surface area contributed by atoms with Crippen molar-refractivity contribution in [3.05, 3.63) is 24.0 Å². The fourth-order valence-corrected chi connectivity index (χ4v) is 1.41. The van der Waals surface area contributed by atoms with Gasteiger partial charge in [0.2, 0.25) is 0 Å².